The van der Waals surface area contributed by atoms with Crippen LogP contribution in [0.1, 0.15) is 72.2 Å². The topological polar surface area (TPSA) is 98.5 Å². The molecule has 9 nitrogen and oxygen atoms in total. The van der Waals surface area contributed by atoms with E-state index in [-0.39, 0.29) is 53.7 Å². The van der Waals surface area contributed by atoms with Crippen LogP contribution in [0.2, 0.25) is 25.7 Å². The fraction of sp³-hybridized carbons (Fsp3) is 0.548. The van der Waals surface area contributed by atoms with Gasteiger partial charge in [-0.3, -0.25) is 14.4 Å². The number of alkyl halides is 2. The summed E-state index contributed by atoms with van der Waals surface area (Å²) in [6.07, 6.45) is 4.36. The quantitative estimate of drug-likeness (QED) is 0.264. The maximum absolute atomic E-state index is 14.4. The highest BCUT2D eigenvalue weighted by Crippen LogP contribution is 2.43. The molecule has 0 radical (unpaired) electrons. The lowest BCUT2D eigenvalue weighted by Gasteiger charge is -2.32. The fourth-order valence-corrected chi connectivity index (χ4v) is 6.83. The van der Waals surface area contributed by atoms with Gasteiger partial charge in [0.25, 0.3) is 17.4 Å². The Morgan fingerprint density at radius 1 is 1.19 bits per heavy atom. The van der Waals surface area contributed by atoms with Crippen molar-refractivity contribution < 1.29 is 23.1 Å². The second-order valence-corrected chi connectivity index (χ2v) is 18.7. The first-order chi connectivity index (χ1) is 20.2. The van der Waals surface area contributed by atoms with Crippen LogP contribution in [0.15, 0.2) is 35.4 Å². The molecule has 0 saturated carbocycles. The van der Waals surface area contributed by atoms with E-state index in [0.717, 1.165) is 6.04 Å². The van der Waals surface area contributed by atoms with Crippen molar-refractivity contribution in [2.75, 3.05) is 19.7 Å². The summed E-state index contributed by atoms with van der Waals surface area (Å²) in [5, 5.41) is 7.88. The van der Waals surface area contributed by atoms with E-state index in [9.17, 15) is 23.2 Å². The van der Waals surface area contributed by atoms with Crippen LogP contribution in [0.5, 0.6) is 0 Å². The van der Waals surface area contributed by atoms with E-state index in [1.54, 1.807) is 45.6 Å². The van der Waals surface area contributed by atoms with Crippen molar-refractivity contribution in [2.24, 2.45) is 0 Å². The van der Waals surface area contributed by atoms with E-state index in [1.807, 2.05) is 0 Å². The molecule has 2 amide bonds. The van der Waals surface area contributed by atoms with Gasteiger partial charge in [0.1, 0.15) is 12.2 Å². The van der Waals surface area contributed by atoms with E-state index in [4.69, 9.17) is 4.74 Å². The van der Waals surface area contributed by atoms with Crippen LogP contribution < -0.4 is 10.9 Å². The van der Waals surface area contributed by atoms with Gasteiger partial charge in [-0.05, 0) is 43.4 Å². The van der Waals surface area contributed by atoms with Crippen molar-refractivity contribution >= 4 is 30.8 Å². The third-order valence-electron chi connectivity index (χ3n) is 8.63. The monoisotopic (exact) mass is 613 g/mol. The van der Waals surface area contributed by atoms with E-state index in [2.05, 4.69) is 30.1 Å². The van der Waals surface area contributed by atoms with Crippen LogP contribution in [0, 0.1) is 0 Å². The second-order valence-electron chi connectivity index (χ2n) is 13.0. The predicted octanol–water partition coefficient (Wildman–Crippen LogP) is 5.22. The second kappa shape index (κ2) is 12.0. The van der Waals surface area contributed by atoms with Gasteiger partial charge in [0.2, 0.25) is 5.91 Å². The third kappa shape index (κ3) is 6.59. The number of nitrogens with one attached hydrogen (secondary N) is 1. The van der Waals surface area contributed by atoms with E-state index >= 15 is 0 Å². The summed E-state index contributed by atoms with van der Waals surface area (Å²) in [5.74, 6) is -3.32. The Morgan fingerprint density at radius 3 is 2.58 bits per heavy atom. The van der Waals surface area contributed by atoms with Gasteiger partial charge in [-0.1, -0.05) is 37.8 Å². The Labute approximate surface area is 251 Å². The zero-order chi connectivity index (χ0) is 31.1. The highest BCUT2D eigenvalue weighted by Gasteiger charge is 2.40. The Kier molecular flexibility index (Phi) is 8.63. The predicted molar refractivity (Wildman–Crippen MR) is 163 cm³/mol. The number of benzene rings is 1. The van der Waals surface area contributed by atoms with Gasteiger partial charge in [-0.2, -0.15) is 5.10 Å². The number of ether oxygens (including phenoxy) is 1. The molecule has 0 spiro atoms. The minimum absolute atomic E-state index is 0.00383. The average Bonchev–Trinajstić information content (AvgIpc) is 3.52. The van der Waals surface area contributed by atoms with Crippen LogP contribution >= 0.6 is 0 Å². The largest absolute Gasteiger partial charge is 0.360 e. The number of hydrogen-bond donors (Lipinski definition) is 1. The van der Waals surface area contributed by atoms with Crippen LogP contribution in [0.4, 0.5) is 8.78 Å². The maximum Gasteiger partial charge on any atom is 0.273 e. The zero-order valence-corrected chi connectivity index (χ0v) is 26.6. The molecule has 1 unspecified atom stereocenters. The number of fused-ring (bicyclic) bond motifs is 2. The molecule has 1 N–H and O–H groups in total. The summed E-state index contributed by atoms with van der Waals surface area (Å²) >= 11 is 0. The Bertz CT molecular complexity index is 1590. The molecule has 1 saturated heterocycles. The molecule has 5 rings (SSSR count). The van der Waals surface area contributed by atoms with E-state index in [0.29, 0.717) is 49.1 Å². The first kappa shape index (κ1) is 31.1. The first-order valence-electron chi connectivity index (χ1n) is 15.0. The first-order valence-corrected chi connectivity index (χ1v) is 18.7. The summed E-state index contributed by atoms with van der Waals surface area (Å²) in [6, 6.07) is 5.09. The summed E-state index contributed by atoms with van der Waals surface area (Å²) in [5.41, 5.74) is 1.50. The number of aromatic nitrogens is 3. The Hall–Kier alpha value is -3.38. The number of amides is 2. The van der Waals surface area contributed by atoms with Crippen molar-refractivity contribution in [1.82, 2.24) is 24.6 Å². The lowest BCUT2D eigenvalue weighted by Crippen LogP contribution is -2.40. The number of halogens is 2. The maximum atomic E-state index is 14.4. The van der Waals surface area contributed by atoms with Gasteiger partial charge >= 0.3 is 0 Å². The van der Waals surface area contributed by atoms with E-state index in [1.165, 1.54) is 13.0 Å². The summed E-state index contributed by atoms with van der Waals surface area (Å²) in [6.45, 7) is 11.9. The van der Waals surface area contributed by atoms with Crippen molar-refractivity contribution in [1.29, 1.82) is 0 Å². The Morgan fingerprint density at radius 2 is 1.91 bits per heavy atom. The molecule has 1 aliphatic carbocycles. The molecule has 1 fully saturated rings. The number of nitrogens with zero attached hydrogens (tertiary/aromatic N) is 4. The lowest BCUT2D eigenvalue weighted by atomic mass is 9.97. The highest BCUT2D eigenvalue weighted by molar-refractivity contribution is 6.76. The van der Waals surface area contributed by atoms with Gasteiger partial charge in [0.05, 0.1) is 17.0 Å². The molecule has 2 aromatic heterocycles. The van der Waals surface area contributed by atoms with Gasteiger partial charge < -0.3 is 19.5 Å². The molecule has 0 bridgehead atoms. The lowest BCUT2D eigenvalue weighted by molar-refractivity contribution is -0.130. The van der Waals surface area contributed by atoms with Crippen LogP contribution in [0.25, 0.3) is 10.9 Å². The van der Waals surface area contributed by atoms with Crippen LogP contribution in [-0.4, -0.2) is 58.8 Å². The minimum atomic E-state index is -2.88. The van der Waals surface area contributed by atoms with Crippen LogP contribution in [-0.2, 0) is 28.6 Å². The summed E-state index contributed by atoms with van der Waals surface area (Å²) < 4.78 is 37.8. The van der Waals surface area contributed by atoms with E-state index < -0.39 is 25.9 Å². The molecule has 232 valence electrons. The molecule has 1 aromatic carbocycles. The summed E-state index contributed by atoms with van der Waals surface area (Å²) in [4.78, 5) is 41.2. The number of likely N-dealkylation sites (tertiary alicyclic amines) is 1. The van der Waals surface area contributed by atoms with Crippen LogP contribution in [0.3, 0.4) is 0 Å². The van der Waals surface area contributed by atoms with Gasteiger partial charge in [0, 0.05) is 65.1 Å². The Balaban J connectivity index is 1.46. The third-order valence-corrected chi connectivity index (χ3v) is 10.3. The number of carbonyl (C=O) groups is 2. The molecule has 12 heteroatoms. The molecule has 2 aliphatic rings. The molecular weight excluding hydrogens is 572 g/mol. The normalized spacial score (nSPS) is 17.7. The molecular formula is C31H41F2N5O4Si. The molecule has 43 heavy (non-hydrogen) atoms. The molecule has 3 heterocycles. The summed E-state index contributed by atoms with van der Waals surface area (Å²) in [7, 11) is -1.28. The smallest absolute Gasteiger partial charge is 0.273 e. The number of piperidine rings is 1. The van der Waals surface area contributed by atoms with Crippen molar-refractivity contribution in [2.45, 2.75) is 90.0 Å². The molecule has 1 atom stereocenters. The number of pyridine rings is 1. The van der Waals surface area contributed by atoms with Gasteiger partial charge in [-0.25, -0.2) is 13.5 Å². The zero-order valence-electron chi connectivity index (χ0n) is 25.6. The average molecular weight is 614 g/mol. The van der Waals surface area contributed by atoms with Crippen molar-refractivity contribution in [3.8, 4) is 0 Å². The number of hydrogen-bond acceptors (Lipinski definition) is 5. The molecule has 1 aliphatic heterocycles. The SMILES string of the molecule is CC(=O)N1CCC(n2cc(C(=O)NC(C)c3cccc4c3CCC4(F)F)c3nn(COCC[Si](C)(C)C)cc3c2=O)CC1. The number of rotatable bonds is 9. The van der Waals surface area contributed by atoms with Crippen molar-refractivity contribution in [3.05, 3.63) is 63.2 Å². The molecule has 3 aromatic rings. The van der Waals surface area contributed by atoms with Gasteiger partial charge in [-0.15, -0.1) is 0 Å². The van der Waals surface area contributed by atoms with Crippen molar-refractivity contribution in [3.63, 3.8) is 0 Å². The minimum Gasteiger partial charge on any atom is -0.360 e. The number of carbonyl (C=O) groups excluding carboxylic acids is 2. The fourth-order valence-electron chi connectivity index (χ4n) is 6.07. The van der Waals surface area contributed by atoms with Gasteiger partial charge in [0.15, 0.2) is 0 Å². The highest BCUT2D eigenvalue weighted by atomic mass is 28.3. The standard InChI is InChI=1S/C31H41F2N5O4Si/c1-20(23-7-6-8-27-24(23)9-12-31(27,32)33)34-29(40)25-18-38(22-10-13-36(14-11-22)21(2)39)30(41)26-17-37(35-28(25)26)19-42-15-16-43(3,4)5/h6-8,17-18,20,22H,9-16,19H2,1-5H3,(H,34,40).